The summed E-state index contributed by atoms with van der Waals surface area (Å²) in [5, 5.41) is 4.05. The van der Waals surface area contributed by atoms with E-state index in [4.69, 9.17) is 16.3 Å². The van der Waals surface area contributed by atoms with Gasteiger partial charge in [0.25, 0.3) is 11.3 Å². The zero-order valence-corrected chi connectivity index (χ0v) is 19.8. The number of nitrogens with zero attached hydrogens (tertiary/aromatic N) is 4. The summed E-state index contributed by atoms with van der Waals surface area (Å²) in [6, 6.07) is 24.0. The van der Waals surface area contributed by atoms with E-state index in [-0.39, 0.29) is 35.2 Å². The number of benzene rings is 2. The summed E-state index contributed by atoms with van der Waals surface area (Å²) in [4.78, 5) is 33.2. The van der Waals surface area contributed by atoms with Crippen molar-refractivity contribution < 1.29 is 9.53 Å². The van der Waals surface area contributed by atoms with Crippen LogP contribution in [0.3, 0.4) is 0 Å². The largest absolute Gasteiger partial charge is 0.482 e. The van der Waals surface area contributed by atoms with Gasteiger partial charge in [0.1, 0.15) is 12.6 Å². The summed E-state index contributed by atoms with van der Waals surface area (Å²) >= 11 is 6.26. The molecule has 0 fully saturated rings. The van der Waals surface area contributed by atoms with E-state index in [1.807, 2.05) is 85.8 Å². The molecule has 0 radical (unpaired) electrons. The third-order valence-electron chi connectivity index (χ3n) is 6.17. The van der Waals surface area contributed by atoms with Crippen molar-refractivity contribution in [1.82, 2.24) is 19.7 Å². The van der Waals surface area contributed by atoms with Gasteiger partial charge in [-0.25, -0.2) is 4.68 Å². The van der Waals surface area contributed by atoms with E-state index in [0.717, 1.165) is 11.1 Å². The van der Waals surface area contributed by atoms with Crippen LogP contribution in [0.15, 0.2) is 89.9 Å². The van der Waals surface area contributed by atoms with Gasteiger partial charge in [-0.3, -0.25) is 14.6 Å². The molecule has 0 N–H and O–H groups in total. The number of amides is 1. The predicted octanol–water partition coefficient (Wildman–Crippen LogP) is 4.68. The second-order valence-electron chi connectivity index (χ2n) is 8.33. The molecule has 2 aromatic heterocycles. The average molecular weight is 487 g/mol. The SMILES string of the molecule is C[C@@H](c1ccccc1)N1CC(c2ccccn2)n2nc(Cl)c(=O)c(OCc3ccccc3)c2C1=O. The Morgan fingerprint density at radius 3 is 2.37 bits per heavy atom. The summed E-state index contributed by atoms with van der Waals surface area (Å²) in [6.45, 7) is 2.38. The average Bonchev–Trinajstić information content (AvgIpc) is 2.90. The maximum Gasteiger partial charge on any atom is 0.276 e. The monoisotopic (exact) mass is 486 g/mol. The van der Waals surface area contributed by atoms with Crippen LogP contribution >= 0.6 is 11.6 Å². The molecule has 0 saturated heterocycles. The van der Waals surface area contributed by atoms with Gasteiger partial charge in [0.15, 0.2) is 5.69 Å². The molecule has 4 aromatic rings. The Balaban J connectivity index is 1.64. The lowest BCUT2D eigenvalue weighted by Gasteiger charge is -2.38. The van der Waals surface area contributed by atoms with Gasteiger partial charge in [-0.1, -0.05) is 78.3 Å². The lowest BCUT2D eigenvalue weighted by Crippen LogP contribution is -2.47. The quantitative estimate of drug-likeness (QED) is 0.395. The van der Waals surface area contributed by atoms with E-state index in [1.54, 1.807) is 11.1 Å². The Labute approximate surface area is 207 Å². The standard InChI is InChI=1S/C27H23ClN4O3/c1-18(20-12-6-3-7-13-20)31-16-22(21-14-8-9-15-29-21)32-23(27(31)34)25(24(33)26(28)30-32)35-17-19-10-4-2-5-11-19/h2-15,18,22H,16-17H2,1H3/t18-,22?/m0/s1. The lowest BCUT2D eigenvalue weighted by atomic mass is 10.0. The van der Waals surface area contributed by atoms with Crippen molar-refractivity contribution in [3.05, 3.63) is 123 Å². The molecule has 2 aromatic carbocycles. The van der Waals surface area contributed by atoms with E-state index >= 15 is 0 Å². The van der Waals surface area contributed by atoms with Crippen molar-refractivity contribution in [2.45, 2.75) is 25.6 Å². The van der Waals surface area contributed by atoms with Gasteiger partial charge in [-0.15, -0.1) is 0 Å². The molecule has 0 saturated carbocycles. The molecule has 2 atom stereocenters. The number of rotatable bonds is 6. The second-order valence-corrected chi connectivity index (χ2v) is 8.69. The minimum atomic E-state index is -0.615. The van der Waals surface area contributed by atoms with E-state index in [2.05, 4.69) is 10.1 Å². The van der Waals surface area contributed by atoms with Gasteiger partial charge in [0.05, 0.1) is 11.7 Å². The molecule has 0 aliphatic carbocycles. The smallest absolute Gasteiger partial charge is 0.276 e. The normalized spacial score (nSPS) is 16.0. The first-order valence-electron chi connectivity index (χ1n) is 11.3. The van der Waals surface area contributed by atoms with Crippen LogP contribution in [0.2, 0.25) is 5.15 Å². The fraction of sp³-hybridized carbons (Fsp3) is 0.185. The van der Waals surface area contributed by atoms with Crippen LogP contribution in [-0.2, 0) is 6.61 Å². The fourth-order valence-electron chi connectivity index (χ4n) is 4.30. The summed E-state index contributed by atoms with van der Waals surface area (Å²) in [5.74, 6) is -0.456. The van der Waals surface area contributed by atoms with Crippen LogP contribution in [0.25, 0.3) is 0 Å². The highest BCUT2D eigenvalue weighted by atomic mass is 35.5. The number of hydrogen-bond acceptors (Lipinski definition) is 5. The molecule has 176 valence electrons. The van der Waals surface area contributed by atoms with Gasteiger partial charge in [0, 0.05) is 12.7 Å². The molecular formula is C27H23ClN4O3. The number of halogens is 1. The van der Waals surface area contributed by atoms with Gasteiger partial charge in [0.2, 0.25) is 10.9 Å². The maximum atomic E-state index is 13.9. The van der Waals surface area contributed by atoms with E-state index in [1.165, 1.54) is 4.68 Å². The Bertz CT molecular complexity index is 1390. The van der Waals surface area contributed by atoms with E-state index in [9.17, 15) is 9.59 Å². The van der Waals surface area contributed by atoms with Crippen LogP contribution in [0.1, 0.15) is 46.3 Å². The van der Waals surface area contributed by atoms with Crippen LogP contribution < -0.4 is 10.2 Å². The molecule has 5 rings (SSSR count). The first kappa shape index (κ1) is 22.8. The highest BCUT2D eigenvalue weighted by Gasteiger charge is 2.39. The molecule has 8 heteroatoms. The Kier molecular flexibility index (Phi) is 6.33. The highest BCUT2D eigenvalue weighted by molar-refractivity contribution is 6.29. The molecule has 1 aliphatic heterocycles. The number of hydrogen-bond donors (Lipinski definition) is 0. The molecule has 1 amide bonds. The summed E-state index contributed by atoms with van der Waals surface area (Å²) < 4.78 is 7.45. The van der Waals surface area contributed by atoms with Gasteiger partial charge < -0.3 is 9.64 Å². The number of carbonyl (C=O) groups excluding carboxylic acids is 1. The molecule has 1 unspecified atom stereocenters. The van der Waals surface area contributed by atoms with Crippen molar-refractivity contribution in [3.8, 4) is 5.75 Å². The van der Waals surface area contributed by atoms with Crippen molar-refractivity contribution in [2.75, 3.05) is 6.54 Å². The van der Waals surface area contributed by atoms with Gasteiger partial charge in [-0.05, 0) is 30.2 Å². The first-order valence-corrected chi connectivity index (χ1v) is 11.7. The van der Waals surface area contributed by atoms with Crippen molar-refractivity contribution in [3.63, 3.8) is 0 Å². The first-order chi connectivity index (χ1) is 17.0. The summed E-state index contributed by atoms with van der Waals surface area (Å²) in [6.07, 6.45) is 1.69. The Morgan fingerprint density at radius 1 is 1.00 bits per heavy atom. The number of carbonyl (C=O) groups is 1. The molecule has 3 heterocycles. The molecule has 0 spiro atoms. The fourth-order valence-corrected chi connectivity index (χ4v) is 4.47. The van der Waals surface area contributed by atoms with Crippen molar-refractivity contribution >= 4 is 17.5 Å². The highest BCUT2D eigenvalue weighted by Crippen LogP contribution is 2.34. The van der Waals surface area contributed by atoms with Crippen LogP contribution in [0.5, 0.6) is 5.75 Å². The zero-order valence-electron chi connectivity index (χ0n) is 19.0. The van der Waals surface area contributed by atoms with Gasteiger partial charge in [-0.2, -0.15) is 5.10 Å². The van der Waals surface area contributed by atoms with Crippen molar-refractivity contribution in [1.29, 1.82) is 0 Å². The topological polar surface area (TPSA) is 77.3 Å². The van der Waals surface area contributed by atoms with E-state index < -0.39 is 11.5 Å². The second kappa shape index (κ2) is 9.72. The molecule has 35 heavy (non-hydrogen) atoms. The van der Waals surface area contributed by atoms with E-state index in [0.29, 0.717) is 12.2 Å². The number of fused-ring (bicyclic) bond motifs is 1. The third kappa shape index (κ3) is 4.42. The number of ether oxygens (including phenoxy) is 1. The zero-order chi connectivity index (χ0) is 24.4. The molecule has 0 bridgehead atoms. The van der Waals surface area contributed by atoms with Crippen LogP contribution in [-0.4, -0.2) is 32.1 Å². The minimum absolute atomic E-state index is 0.0695. The predicted molar refractivity (Wildman–Crippen MR) is 133 cm³/mol. The van der Waals surface area contributed by atoms with Gasteiger partial charge >= 0.3 is 0 Å². The Morgan fingerprint density at radius 2 is 1.69 bits per heavy atom. The number of aromatic nitrogens is 3. The van der Waals surface area contributed by atoms with Crippen molar-refractivity contribution in [2.24, 2.45) is 0 Å². The lowest BCUT2D eigenvalue weighted by molar-refractivity contribution is 0.0581. The summed E-state index contributed by atoms with van der Waals surface area (Å²) in [7, 11) is 0. The molecule has 7 nitrogen and oxygen atoms in total. The molecule has 1 aliphatic rings. The molecular weight excluding hydrogens is 464 g/mol. The minimum Gasteiger partial charge on any atom is -0.482 e. The maximum absolute atomic E-state index is 13.9. The Hall–Kier alpha value is -3.97. The van der Waals surface area contributed by atoms with Crippen LogP contribution in [0.4, 0.5) is 0 Å². The van der Waals surface area contributed by atoms with Crippen LogP contribution in [0, 0.1) is 0 Å². The summed E-state index contributed by atoms with van der Waals surface area (Å²) in [5.41, 5.74) is 1.99. The number of pyridine rings is 1. The third-order valence-corrected chi connectivity index (χ3v) is 6.41.